The Balaban J connectivity index is 1.78. The van der Waals surface area contributed by atoms with Crippen molar-refractivity contribution in [3.05, 3.63) is 63.9 Å². The van der Waals surface area contributed by atoms with Crippen molar-refractivity contribution in [1.29, 1.82) is 0 Å². The molecule has 2 nitrogen and oxygen atoms in total. The monoisotopic (exact) mass is 304 g/mol. The topological polar surface area (TPSA) is 26.3 Å². The van der Waals surface area contributed by atoms with Gasteiger partial charge in [-0.25, -0.2) is 4.39 Å². The van der Waals surface area contributed by atoms with Crippen LogP contribution in [0.3, 0.4) is 0 Å². The summed E-state index contributed by atoms with van der Waals surface area (Å²) >= 11 is 6.07. The van der Waals surface area contributed by atoms with Gasteiger partial charge in [0.1, 0.15) is 17.3 Å². The van der Waals surface area contributed by atoms with Gasteiger partial charge in [-0.2, -0.15) is 0 Å². The van der Waals surface area contributed by atoms with Crippen LogP contribution in [0.5, 0.6) is 5.75 Å². The third-order valence-corrected chi connectivity index (χ3v) is 3.78. The Morgan fingerprint density at radius 2 is 1.95 bits per heavy atom. The summed E-state index contributed by atoms with van der Waals surface area (Å²) in [6, 6.07) is 9.96. The van der Waals surface area contributed by atoms with Gasteiger partial charge in [0.25, 0.3) is 0 Å². The van der Waals surface area contributed by atoms with Crippen molar-refractivity contribution in [2.45, 2.75) is 19.3 Å². The van der Waals surface area contributed by atoms with Crippen LogP contribution in [0, 0.1) is 5.82 Å². The Bertz CT molecular complexity index is 697. The van der Waals surface area contributed by atoms with E-state index in [9.17, 15) is 9.18 Å². The average molecular weight is 305 g/mol. The molecule has 1 heterocycles. The van der Waals surface area contributed by atoms with Crippen molar-refractivity contribution in [3.63, 3.8) is 0 Å². The highest BCUT2D eigenvalue weighted by Crippen LogP contribution is 2.33. The van der Waals surface area contributed by atoms with Gasteiger partial charge in [0.2, 0.25) is 0 Å². The molecule has 0 saturated heterocycles. The maximum absolute atomic E-state index is 13.6. The van der Waals surface area contributed by atoms with Gasteiger partial charge < -0.3 is 4.74 Å². The molecule has 0 fully saturated rings. The van der Waals surface area contributed by atoms with E-state index in [4.69, 9.17) is 16.3 Å². The predicted molar refractivity (Wildman–Crippen MR) is 79.5 cm³/mol. The fourth-order valence-electron chi connectivity index (χ4n) is 2.61. The lowest BCUT2D eigenvalue weighted by molar-refractivity contribution is -0.117. The Morgan fingerprint density at radius 1 is 1.19 bits per heavy atom. The lowest BCUT2D eigenvalue weighted by Crippen LogP contribution is -2.09. The van der Waals surface area contributed by atoms with Crippen LogP contribution < -0.4 is 4.74 Å². The summed E-state index contributed by atoms with van der Waals surface area (Å²) in [6.07, 6.45) is 1.09. The number of ketones is 1. The second-order valence-corrected chi connectivity index (χ2v) is 5.57. The summed E-state index contributed by atoms with van der Waals surface area (Å²) in [5, 5.41) is 0.605. The highest BCUT2D eigenvalue weighted by molar-refractivity contribution is 6.30. The van der Waals surface area contributed by atoms with Crippen LogP contribution in [0.25, 0.3) is 0 Å². The Hall–Kier alpha value is -1.87. The van der Waals surface area contributed by atoms with Gasteiger partial charge in [-0.05, 0) is 29.3 Å². The van der Waals surface area contributed by atoms with Crippen LogP contribution in [0.15, 0.2) is 36.4 Å². The average Bonchev–Trinajstić information content (AvgIpc) is 2.89. The first-order valence-electron chi connectivity index (χ1n) is 6.82. The minimum atomic E-state index is -0.349. The summed E-state index contributed by atoms with van der Waals surface area (Å²) < 4.78 is 19.1. The molecule has 3 rings (SSSR count). The fourth-order valence-corrected chi connectivity index (χ4v) is 2.87. The number of carbonyl (C=O) groups is 1. The molecule has 2 aromatic carbocycles. The number of rotatable bonds is 4. The van der Waals surface area contributed by atoms with E-state index in [1.54, 1.807) is 24.3 Å². The summed E-state index contributed by atoms with van der Waals surface area (Å²) in [4.78, 5) is 12.2. The second-order valence-electron chi connectivity index (χ2n) is 5.14. The molecular weight excluding hydrogens is 291 g/mol. The van der Waals surface area contributed by atoms with Crippen molar-refractivity contribution in [1.82, 2.24) is 0 Å². The first-order valence-corrected chi connectivity index (χ1v) is 7.20. The minimum Gasteiger partial charge on any atom is -0.493 e. The quantitative estimate of drug-likeness (QED) is 0.859. The molecule has 0 aliphatic carbocycles. The molecule has 1 aliphatic heterocycles. The lowest BCUT2D eigenvalue weighted by Gasteiger charge is -2.09. The van der Waals surface area contributed by atoms with Crippen LogP contribution in [0.2, 0.25) is 5.02 Å². The van der Waals surface area contributed by atoms with E-state index in [-0.39, 0.29) is 24.4 Å². The van der Waals surface area contributed by atoms with E-state index in [0.29, 0.717) is 17.2 Å². The molecule has 0 unspecified atom stereocenters. The molecule has 0 saturated carbocycles. The fraction of sp³-hybridized carbons (Fsp3) is 0.235. The minimum absolute atomic E-state index is 0.0555. The van der Waals surface area contributed by atoms with Crippen LogP contribution in [-0.2, 0) is 24.1 Å². The van der Waals surface area contributed by atoms with Crippen molar-refractivity contribution in [2.75, 3.05) is 6.61 Å². The molecular formula is C17H14ClFO2. The smallest absolute Gasteiger partial charge is 0.141 e. The zero-order valence-corrected chi connectivity index (χ0v) is 12.1. The van der Waals surface area contributed by atoms with Gasteiger partial charge in [0.15, 0.2) is 0 Å². The number of hydrogen-bond acceptors (Lipinski definition) is 2. The molecule has 4 heteroatoms. The number of benzene rings is 2. The predicted octanol–water partition coefficient (Wildman–Crippen LogP) is 3.77. The van der Waals surface area contributed by atoms with E-state index < -0.39 is 0 Å². The van der Waals surface area contributed by atoms with Gasteiger partial charge in [-0.1, -0.05) is 29.8 Å². The Morgan fingerprint density at radius 3 is 2.76 bits per heavy atom. The number of Topliss-reactive ketones (excluding diaryl/α,β-unsaturated/α-hetero) is 1. The Kier molecular flexibility index (Phi) is 3.93. The van der Waals surface area contributed by atoms with Gasteiger partial charge in [-0.3, -0.25) is 4.79 Å². The SMILES string of the molecule is O=C(Cc1ccccc1F)Cc1cc(Cl)cc2c1OCC2. The third-order valence-electron chi connectivity index (χ3n) is 3.56. The van der Waals surface area contributed by atoms with Gasteiger partial charge >= 0.3 is 0 Å². The van der Waals surface area contributed by atoms with E-state index >= 15 is 0 Å². The first kappa shape index (κ1) is 14.1. The number of hydrogen-bond donors (Lipinski definition) is 0. The van der Waals surface area contributed by atoms with E-state index in [0.717, 1.165) is 23.3 Å². The molecule has 108 valence electrons. The number of fused-ring (bicyclic) bond motifs is 1. The van der Waals surface area contributed by atoms with E-state index in [1.807, 2.05) is 6.07 Å². The lowest BCUT2D eigenvalue weighted by atomic mass is 10.00. The first-order chi connectivity index (χ1) is 10.1. The molecule has 0 aromatic heterocycles. The Labute approximate surface area is 127 Å². The highest BCUT2D eigenvalue weighted by atomic mass is 35.5. The van der Waals surface area contributed by atoms with Crippen LogP contribution >= 0.6 is 11.6 Å². The van der Waals surface area contributed by atoms with Crippen LogP contribution in [0.4, 0.5) is 4.39 Å². The van der Waals surface area contributed by atoms with Crippen molar-refractivity contribution in [3.8, 4) is 5.75 Å². The largest absolute Gasteiger partial charge is 0.493 e. The molecule has 0 atom stereocenters. The molecule has 1 aliphatic rings. The summed E-state index contributed by atoms with van der Waals surface area (Å²) in [6.45, 7) is 0.615. The van der Waals surface area contributed by atoms with Gasteiger partial charge in [-0.15, -0.1) is 0 Å². The standard InChI is InChI=1S/C17H14ClFO2/c18-14-7-12-5-6-21-17(12)13(8-14)10-15(20)9-11-3-1-2-4-16(11)19/h1-4,7-8H,5-6,9-10H2. The summed E-state index contributed by atoms with van der Waals surface area (Å²) in [7, 11) is 0. The third kappa shape index (κ3) is 3.08. The maximum Gasteiger partial charge on any atom is 0.141 e. The molecule has 0 bridgehead atoms. The van der Waals surface area contributed by atoms with Crippen molar-refractivity contribution in [2.24, 2.45) is 0 Å². The van der Waals surface area contributed by atoms with Gasteiger partial charge in [0.05, 0.1) is 6.61 Å². The van der Waals surface area contributed by atoms with Crippen molar-refractivity contribution >= 4 is 17.4 Å². The number of ether oxygens (including phenoxy) is 1. The molecule has 21 heavy (non-hydrogen) atoms. The zero-order chi connectivity index (χ0) is 14.8. The zero-order valence-electron chi connectivity index (χ0n) is 11.4. The van der Waals surface area contributed by atoms with Crippen LogP contribution in [0.1, 0.15) is 16.7 Å². The highest BCUT2D eigenvalue weighted by Gasteiger charge is 2.19. The second kappa shape index (κ2) is 5.86. The van der Waals surface area contributed by atoms with E-state index in [2.05, 4.69) is 0 Å². The summed E-state index contributed by atoms with van der Waals surface area (Å²) in [5.74, 6) is 0.361. The number of carbonyl (C=O) groups excluding carboxylic acids is 1. The van der Waals surface area contributed by atoms with Crippen LogP contribution in [-0.4, -0.2) is 12.4 Å². The molecule has 2 aromatic rings. The van der Waals surface area contributed by atoms with E-state index in [1.165, 1.54) is 6.07 Å². The molecule has 0 N–H and O–H groups in total. The molecule has 0 amide bonds. The number of halogens is 2. The molecule has 0 radical (unpaired) electrons. The normalized spacial score (nSPS) is 12.9. The van der Waals surface area contributed by atoms with Gasteiger partial charge in [0, 0.05) is 29.8 Å². The molecule has 0 spiro atoms. The van der Waals surface area contributed by atoms with Crippen molar-refractivity contribution < 1.29 is 13.9 Å². The maximum atomic E-state index is 13.6. The summed E-state index contributed by atoms with van der Waals surface area (Å²) in [5.41, 5.74) is 2.25.